The van der Waals surface area contributed by atoms with Crippen LogP contribution in [0.15, 0.2) is 47.0 Å². The maximum atomic E-state index is 12.4. The molecule has 1 aromatic carbocycles. The zero-order valence-corrected chi connectivity index (χ0v) is 11.3. The normalized spacial score (nSPS) is 17.4. The summed E-state index contributed by atoms with van der Waals surface area (Å²) >= 11 is 0. The smallest absolute Gasteiger partial charge is 0.257 e. The number of nitrogens with zero attached hydrogens (tertiary/aromatic N) is 1. The van der Waals surface area contributed by atoms with E-state index in [1.807, 2.05) is 36.4 Å². The molecule has 20 heavy (non-hydrogen) atoms. The second-order valence-corrected chi connectivity index (χ2v) is 4.91. The van der Waals surface area contributed by atoms with Crippen molar-refractivity contribution in [2.24, 2.45) is 0 Å². The Bertz CT molecular complexity index is 644. The maximum absolute atomic E-state index is 12.4. The van der Waals surface area contributed by atoms with Gasteiger partial charge < -0.3 is 9.84 Å². The summed E-state index contributed by atoms with van der Waals surface area (Å²) in [6.07, 6.45) is 6.09. The van der Waals surface area contributed by atoms with Crippen LogP contribution < -0.4 is 5.32 Å². The topological polar surface area (TPSA) is 55.1 Å². The molecule has 1 unspecified atom stereocenters. The summed E-state index contributed by atoms with van der Waals surface area (Å²) in [5.41, 5.74) is 2.01. The van der Waals surface area contributed by atoms with Crippen molar-refractivity contribution in [2.45, 2.75) is 25.8 Å². The van der Waals surface area contributed by atoms with E-state index in [4.69, 9.17) is 4.52 Å². The number of carbonyl (C=O) groups excluding carboxylic acids is 1. The molecule has 1 heterocycles. The lowest BCUT2D eigenvalue weighted by atomic mass is 10.1. The fourth-order valence-corrected chi connectivity index (χ4v) is 2.43. The van der Waals surface area contributed by atoms with Crippen molar-refractivity contribution in [3.63, 3.8) is 0 Å². The largest absolute Gasteiger partial charge is 0.360 e. The van der Waals surface area contributed by atoms with Crippen molar-refractivity contribution < 1.29 is 9.32 Å². The molecule has 1 amide bonds. The molecule has 1 aliphatic rings. The summed E-state index contributed by atoms with van der Waals surface area (Å²) in [6, 6.07) is 9.72. The van der Waals surface area contributed by atoms with Crippen LogP contribution >= 0.6 is 0 Å². The minimum Gasteiger partial charge on any atom is -0.360 e. The number of hydrogen-bond donors (Lipinski definition) is 1. The predicted octanol–water partition coefficient (Wildman–Crippen LogP) is 3.10. The predicted molar refractivity (Wildman–Crippen MR) is 76.3 cm³/mol. The Hall–Kier alpha value is -2.36. The van der Waals surface area contributed by atoms with E-state index in [9.17, 15) is 4.79 Å². The highest BCUT2D eigenvalue weighted by atomic mass is 16.5. The van der Waals surface area contributed by atoms with E-state index in [1.54, 1.807) is 6.92 Å². The average molecular weight is 268 g/mol. The van der Waals surface area contributed by atoms with Crippen molar-refractivity contribution >= 4 is 5.91 Å². The quantitative estimate of drug-likeness (QED) is 0.870. The van der Waals surface area contributed by atoms with Crippen LogP contribution in [0.5, 0.6) is 0 Å². The monoisotopic (exact) mass is 268 g/mol. The average Bonchev–Trinajstić information content (AvgIpc) is 3.09. The molecule has 1 atom stereocenters. The van der Waals surface area contributed by atoms with Crippen LogP contribution in [0.25, 0.3) is 11.3 Å². The molecule has 4 heteroatoms. The number of amides is 1. The molecule has 0 saturated heterocycles. The number of benzene rings is 1. The summed E-state index contributed by atoms with van der Waals surface area (Å²) in [5, 5.41) is 7.03. The van der Waals surface area contributed by atoms with Gasteiger partial charge in [-0.25, -0.2) is 0 Å². The van der Waals surface area contributed by atoms with Crippen molar-refractivity contribution in [3.05, 3.63) is 53.8 Å². The molecule has 0 spiro atoms. The maximum Gasteiger partial charge on any atom is 0.257 e. The third-order valence-corrected chi connectivity index (χ3v) is 3.47. The van der Waals surface area contributed by atoms with Gasteiger partial charge in [0.15, 0.2) is 0 Å². The summed E-state index contributed by atoms with van der Waals surface area (Å²) in [7, 11) is 0. The van der Waals surface area contributed by atoms with Crippen LogP contribution in [-0.2, 0) is 0 Å². The molecule has 102 valence electrons. The third kappa shape index (κ3) is 2.37. The Morgan fingerprint density at radius 3 is 2.85 bits per heavy atom. The first-order valence-corrected chi connectivity index (χ1v) is 6.75. The first kappa shape index (κ1) is 12.7. The third-order valence-electron chi connectivity index (χ3n) is 3.47. The summed E-state index contributed by atoms with van der Waals surface area (Å²) in [6.45, 7) is 1.76. The number of hydrogen-bond acceptors (Lipinski definition) is 3. The van der Waals surface area contributed by atoms with E-state index in [0.717, 1.165) is 18.4 Å². The fraction of sp³-hybridized carbons (Fsp3) is 0.250. The van der Waals surface area contributed by atoms with E-state index >= 15 is 0 Å². The molecule has 0 fully saturated rings. The molecule has 0 radical (unpaired) electrons. The summed E-state index contributed by atoms with van der Waals surface area (Å²) in [5.74, 6) is 0.419. The van der Waals surface area contributed by atoms with Gasteiger partial charge in [0.25, 0.3) is 5.91 Å². The molecule has 0 aliphatic heterocycles. The van der Waals surface area contributed by atoms with Gasteiger partial charge in [0.1, 0.15) is 17.0 Å². The zero-order chi connectivity index (χ0) is 13.9. The number of rotatable bonds is 3. The van der Waals surface area contributed by atoms with E-state index in [1.165, 1.54) is 0 Å². The number of allylic oxidation sites excluding steroid dienone is 1. The molecule has 2 aromatic rings. The first-order valence-electron chi connectivity index (χ1n) is 6.75. The molecule has 1 N–H and O–H groups in total. The Morgan fingerprint density at radius 1 is 1.35 bits per heavy atom. The van der Waals surface area contributed by atoms with E-state index in [0.29, 0.717) is 17.0 Å². The van der Waals surface area contributed by atoms with Crippen LogP contribution in [0, 0.1) is 6.92 Å². The minimum atomic E-state index is -0.126. The number of nitrogens with one attached hydrogen (secondary N) is 1. The van der Waals surface area contributed by atoms with Crippen molar-refractivity contribution in [3.8, 4) is 11.3 Å². The first-order chi connectivity index (χ1) is 9.75. The molecule has 4 nitrogen and oxygen atoms in total. The van der Waals surface area contributed by atoms with Crippen LogP contribution in [0.2, 0.25) is 0 Å². The molecular weight excluding hydrogens is 252 g/mol. The van der Waals surface area contributed by atoms with E-state index < -0.39 is 0 Å². The Balaban J connectivity index is 1.91. The van der Waals surface area contributed by atoms with Crippen LogP contribution in [0.1, 0.15) is 29.0 Å². The Labute approximate surface area is 117 Å². The van der Waals surface area contributed by atoms with Gasteiger partial charge in [-0.05, 0) is 19.8 Å². The lowest BCUT2D eigenvalue weighted by molar-refractivity contribution is 0.0943. The molecular formula is C16H16N2O2. The number of aromatic nitrogens is 1. The fourth-order valence-electron chi connectivity index (χ4n) is 2.43. The minimum absolute atomic E-state index is 0.112. The lowest BCUT2D eigenvalue weighted by Crippen LogP contribution is -2.32. The zero-order valence-electron chi connectivity index (χ0n) is 11.3. The van der Waals surface area contributed by atoms with Crippen LogP contribution in [0.3, 0.4) is 0 Å². The van der Waals surface area contributed by atoms with Gasteiger partial charge in [-0.3, -0.25) is 4.79 Å². The standard InChI is InChI=1S/C16H16N2O2/c1-11-14(16(19)17-13-9-5-6-10-13)15(18-20-11)12-7-3-2-4-8-12/h2-5,7-9,13H,6,10H2,1H3,(H,17,19). The highest BCUT2D eigenvalue weighted by molar-refractivity contribution is 6.01. The molecule has 1 aromatic heterocycles. The van der Waals surface area contributed by atoms with Gasteiger partial charge >= 0.3 is 0 Å². The summed E-state index contributed by atoms with van der Waals surface area (Å²) in [4.78, 5) is 12.4. The van der Waals surface area contributed by atoms with Crippen molar-refractivity contribution in [1.82, 2.24) is 10.5 Å². The van der Waals surface area contributed by atoms with Gasteiger partial charge in [-0.2, -0.15) is 0 Å². The highest BCUT2D eigenvalue weighted by Crippen LogP contribution is 2.25. The van der Waals surface area contributed by atoms with E-state index in [-0.39, 0.29) is 11.9 Å². The van der Waals surface area contributed by atoms with Crippen LogP contribution in [0.4, 0.5) is 0 Å². The molecule has 1 aliphatic carbocycles. The molecule has 0 bridgehead atoms. The van der Waals surface area contributed by atoms with Gasteiger partial charge in [-0.15, -0.1) is 0 Å². The molecule has 0 saturated carbocycles. The Kier molecular flexibility index (Phi) is 3.37. The number of aryl methyl sites for hydroxylation is 1. The highest BCUT2D eigenvalue weighted by Gasteiger charge is 2.23. The van der Waals surface area contributed by atoms with Gasteiger partial charge in [0.2, 0.25) is 0 Å². The summed E-state index contributed by atoms with van der Waals surface area (Å²) < 4.78 is 5.21. The second kappa shape index (κ2) is 5.33. The van der Waals surface area contributed by atoms with Crippen molar-refractivity contribution in [1.29, 1.82) is 0 Å². The van der Waals surface area contributed by atoms with Crippen molar-refractivity contribution in [2.75, 3.05) is 0 Å². The second-order valence-electron chi connectivity index (χ2n) is 4.91. The lowest BCUT2D eigenvalue weighted by Gasteiger charge is -2.10. The molecule has 3 rings (SSSR count). The van der Waals surface area contributed by atoms with Crippen LogP contribution in [-0.4, -0.2) is 17.1 Å². The van der Waals surface area contributed by atoms with E-state index in [2.05, 4.69) is 16.5 Å². The van der Waals surface area contributed by atoms with Gasteiger partial charge in [0.05, 0.1) is 0 Å². The van der Waals surface area contributed by atoms with Gasteiger partial charge in [0, 0.05) is 11.6 Å². The Morgan fingerprint density at radius 2 is 2.15 bits per heavy atom. The number of carbonyl (C=O) groups is 1. The SMILES string of the molecule is Cc1onc(-c2ccccc2)c1C(=O)NC1C=CCC1. The van der Waals surface area contributed by atoms with Gasteiger partial charge in [-0.1, -0.05) is 47.6 Å².